The van der Waals surface area contributed by atoms with Crippen LogP contribution in [0, 0.1) is 28.7 Å². The van der Waals surface area contributed by atoms with E-state index in [2.05, 4.69) is 4.84 Å². The molecule has 2 aliphatic heterocycles. The second-order valence-corrected chi connectivity index (χ2v) is 16.6. The Morgan fingerprint density at radius 1 is 1.02 bits per heavy atom. The second-order valence-electron chi connectivity index (χ2n) is 14.7. The van der Waals surface area contributed by atoms with E-state index in [1.54, 1.807) is 25.3 Å². The quantitative estimate of drug-likeness (QED) is 0.0502. The van der Waals surface area contributed by atoms with Crippen molar-refractivity contribution in [2.45, 2.75) is 70.2 Å². The first-order chi connectivity index (χ1) is 28.4. The zero-order valence-corrected chi connectivity index (χ0v) is 33.9. The number of fused-ring (bicyclic) bond motifs is 2. The molecule has 2 heterocycles. The molecule has 59 heavy (non-hydrogen) atoms. The number of nitrogens with zero attached hydrogens (tertiary/aromatic N) is 3. The summed E-state index contributed by atoms with van der Waals surface area (Å²) in [4.78, 5) is 47.9. The summed E-state index contributed by atoms with van der Waals surface area (Å²) in [6.45, 7) is 2.01. The molecule has 1 aliphatic carbocycles. The van der Waals surface area contributed by atoms with Gasteiger partial charge in [0.1, 0.15) is 28.9 Å². The maximum Gasteiger partial charge on any atom is 0.419 e. The van der Waals surface area contributed by atoms with Gasteiger partial charge in [0.15, 0.2) is 11.6 Å². The number of benzene rings is 4. The number of rotatable bonds is 15. The van der Waals surface area contributed by atoms with E-state index in [0.717, 1.165) is 47.2 Å². The van der Waals surface area contributed by atoms with Gasteiger partial charge in [-0.15, -0.1) is 10.1 Å². The van der Waals surface area contributed by atoms with Crippen molar-refractivity contribution in [2.24, 2.45) is 0 Å². The summed E-state index contributed by atoms with van der Waals surface area (Å²) < 4.78 is 58.4. The van der Waals surface area contributed by atoms with Crippen LogP contribution in [0.2, 0.25) is 5.02 Å². The third-order valence-electron chi connectivity index (χ3n) is 10.8. The van der Waals surface area contributed by atoms with Gasteiger partial charge in [-0.2, -0.15) is 0 Å². The summed E-state index contributed by atoms with van der Waals surface area (Å²) in [6.07, 6.45) is 2.22. The minimum absolute atomic E-state index is 0.0291. The number of carbonyl (C=O) groups is 2. The second kappa shape index (κ2) is 18.2. The molecule has 4 aromatic carbocycles. The van der Waals surface area contributed by atoms with Gasteiger partial charge in [-0.25, -0.2) is 13.6 Å². The molecule has 2 bridgehead atoms. The number of methoxy groups -OCH3 is 1. The molecule has 16 heteroatoms. The molecule has 3 aliphatic rings. The van der Waals surface area contributed by atoms with E-state index in [9.17, 15) is 27.9 Å². The number of hydrogen-bond donors (Lipinski definition) is 0. The molecule has 12 nitrogen and oxygen atoms in total. The van der Waals surface area contributed by atoms with Crippen LogP contribution >= 0.6 is 11.6 Å². The molecule has 1 saturated carbocycles. The highest BCUT2D eigenvalue weighted by atomic mass is 35.5. The molecule has 1 saturated heterocycles. The molecule has 0 N–H and O–H groups in total. The van der Waals surface area contributed by atoms with Gasteiger partial charge in [0.2, 0.25) is 0 Å². The summed E-state index contributed by atoms with van der Waals surface area (Å²) >= 11 is 5.91. The van der Waals surface area contributed by atoms with Crippen molar-refractivity contribution >= 4 is 34.4 Å². The normalized spacial score (nSPS) is 18.6. The van der Waals surface area contributed by atoms with Crippen LogP contribution in [-0.4, -0.2) is 68.4 Å². The van der Waals surface area contributed by atoms with Crippen LogP contribution in [0.25, 0.3) is 0 Å². The molecule has 3 atom stereocenters. The highest BCUT2D eigenvalue weighted by Gasteiger charge is 2.48. The predicted molar refractivity (Wildman–Crippen MR) is 215 cm³/mol. The monoisotopic (exact) mass is 849 g/mol. The summed E-state index contributed by atoms with van der Waals surface area (Å²) in [5.41, 5.74) is 4.75. The van der Waals surface area contributed by atoms with Gasteiger partial charge in [0.05, 0.1) is 25.5 Å². The van der Waals surface area contributed by atoms with Crippen LogP contribution in [0.1, 0.15) is 59.4 Å². The number of carbonyl (C=O) groups excluding carboxylic acids is 2. The molecule has 310 valence electrons. The molecular formula is C43H42ClF2N3O9S. The van der Waals surface area contributed by atoms with Gasteiger partial charge in [0, 0.05) is 46.3 Å². The van der Waals surface area contributed by atoms with Crippen LogP contribution in [0.15, 0.2) is 90.1 Å². The lowest BCUT2D eigenvalue weighted by Gasteiger charge is -2.45. The summed E-state index contributed by atoms with van der Waals surface area (Å²) in [5.74, 6) is -1.58. The van der Waals surface area contributed by atoms with Crippen LogP contribution in [0.4, 0.5) is 13.6 Å². The minimum atomic E-state index is -1.37. The Morgan fingerprint density at radius 2 is 1.76 bits per heavy atom. The smallest absolute Gasteiger partial charge is 0.419 e. The molecule has 2 fully saturated rings. The molecular weight excluding hydrogens is 808 g/mol. The van der Waals surface area contributed by atoms with E-state index < -0.39 is 50.6 Å². The number of halogens is 3. The van der Waals surface area contributed by atoms with Gasteiger partial charge in [0.25, 0.3) is 11.0 Å². The number of amides is 2. The fourth-order valence-electron chi connectivity index (χ4n) is 7.72. The van der Waals surface area contributed by atoms with E-state index in [1.807, 2.05) is 54.3 Å². The Bertz CT molecular complexity index is 2310. The standard InChI is InChI=1S/C43H42ClF2N3O9S/c1-26-30(8-4-10-38(26)55-2)22-47(31-15-16-31)42(50)39-34(29-13-11-27(12-14-29)7-5-19-56-41-36(46)18-17-35(45)40(41)44)21-32-24-59(54)25-37(39)48(32)43(51)58-33-9-3-6-28(20-33)23-57-49(52)53/h3-4,6,8-14,17-18,20,31-32,34H,5,7,15-16,19,21-25H2,1-2H3. The summed E-state index contributed by atoms with van der Waals surface area (Å²) in [5, 5.41) is 9.46. The Balaban J connectivity index is 1.19. The average molecular weight is 850 g/mol. The fourth-order valence-corrected chi connectivity index (χ4v) is 9.36. The largest absolute Gasteiger partial charge is 0.496 e. The van der Waals surface area contributed by atoms with Crippen molar-refractivity contribution in [3.8, 4) is 17.2 Å². The number of hydrogen-bond acceptors (Lipinski definition) is 9. The lowest BCUT2D eigenvalue weighted by Crippen LogP contribution is -2.54. The average Bonchev–Trinajstić information content (AvgIpc) is 4.06. The molecule has 0 aromatic heterocycles. The van der Waals surface area contributed by atoms with Crippen LogP contribution < -0.4 is 14.2 Å². The minimum Gasteiger partial charge on any atom is -0.496 e. The van der Waals surface area contributed by atoms with Crippen molar-refractivity contribution in [3.05, 3.63) is 145 Å². The zero-order chi connectivity index (χ0) is 41.8. The Labute approximate surface area is 347 Å². The Kier molecular flexibility index (Phi) is 12.8. The van der Waals surface area contributed by atoms with Crippen LogP contribution in [0.5, 0.6) is 17.2 Å². The summed E-state index contributed by atoms with van der Waals surface area (Å²) in [7, 11) is 0.227. The summed E-state index contributed by atoms with van der Waals surface area (Å²) in [6, 6.07) is 21.0. The van der Waals surface area contributed by atoms with E-state index in [0.29, 0.717) is 48.4 Å². The lowest BCUT2D eigenvalue weighted by molar-refractivity contribution is -0.763. The van der Waals surface area contributed by atoms with Gasteiger partial charge in [-0.1, -0.05) is 60.1 Å². The molecule has 3 unspecified atom stereocenters. The first-order valence-corrected chi connectivity index (χ1v) is 21.0. The van der Waals surface area contributed by atoms with Crippen LogP contribution in [0.3, 0.4) is 0 Å². The molecule has 7 rings (SSSR count). The molecule has 2 amide bonds. The van der Waals surface area contributed by atoms with E-state index in [-0.39, 0.29) is 48.2 Å². The molecule has 4 aromatic rings. The van der Waals surface area contributed by atoms with Gasteiger partial charge >= 0.3 is 6.09 Å². The van der Waals surface area contributed by atoms with Crippen molar-refractivity contribution in [1.82, 2.24) is 9.80 Å². The fraction of sp³-hybridized carbons (Fsp3) is 0.349. The Hall–Kier alpha value is -5.54. The SMILES string of the molecule is COc1cccc(CN(C(=O)C2=C3CS(=O)CC(CC2c2ccc(CCCOc4c(F)ccc(F)c4Cl)cc2)N3C(=O)Oc2cccc(CO[N+](=O)[O-])c2)C2CC2)c1C. The zero-order valence-electron chi connectivity index (χ0n) is 32.4. The third kappa shape index (κ3) is 9.52. The maximum absolute atomic E-state index is 15.2. The van der Waals surface area contributed by atoms with Gasteiger partial charge in [-0.3, -0.25) is 13.9 Å². The number of aryl methyl sites for hydroxylation is 1. The first-order valence-electron chi connectivity index (χ1n) is 19.2. The number of ether oxygens (including phenoxy) is 3. The van der Waals surface area contributed by atoms with Gasteiger partial charge < -0.3 is 23.9 Å². The maximum atomic E-state index is 15.2. The lowest BCUT2D eigenvalue weighted by atomic mass is 9.80. The Morgan fingerprint density at radius 3 is 2.49 bits per heavy atom. The third-order valence-corrected chi connectivity index (χ3v) is 12.5. The highest BCUT2D eigenvalue weighted by molar-refractivity contribution is 7.85. The van der Waals surface area contributed by atoms with Crippen LogP contribution in [-0.2, 0) is 40.0 Å². The van der Waals surface area contributed by atoms with Crippen molar-refractivity contribution in [2.75, 3.05) is 25.2 Å². The predicted octanol–water partition coefficient (Wildman–Crippen LogP) is 8.22. The van der Waals surface area contributed by atoms with Crippen molar-refractivity contribution in [3.63, 3.8) is 0 Å². The van der Waals surface area contributed by atoms with E-state index in [4.69, 9.17) is 25.8 Å². The highest BCUT2D eigenvalue weighted by Crippen LogP contribution is 2.45. The molecule has 0 radical (unpaired) electrons. The van der Waals surface area contributed by atoms with Crippen molar-refractivity contribution < 1.29 is 46.7 Å². The first kappa shape index (κ1) is 41.6. The molecule has 0 spiro atoms. The van der Waals surface area contributed by atoms with Gasteiger partial charge in [-0.05, 0) is 97.2 Å². The van der Waals surface area contributed by atoms with Crippen molar-refractivity contribution in [1.29, 1.82) is 0 Å². The van der Waals surface area contributed by atoms with E-state index in [1.165, 1.54) is 11.0 Å². The topological polar surface area (TPSA) is 138 Å². The van der Waals surface area contributed by atoms with E-state index >= 15 is 4.79 Å².